The molecule has 1 N–H and O–H groups in total. The first-order chi connectivity index (χ1) is 11.6. The van der Waals surface area contributed by atoms with Crippen molar-refractivity contribution in [2.75, 3.05) is 5.32 Å². The van der Waals surface area contributed by atoms with E-state index in [1.165, 1.54) is 0 Å². The van der Waals surface area contributed by atoms with Crippen LogP contribution in [-0.4, -0.2) is 15.7 Å². The summed E-state index contributed by atoms with van der Waals surface area (Å²) < 4.78 is 7.26. The summed E-state index contributed by atoms with van der Waals surface area (Å²) in [6, 6.07) is 18.1. The molecule has 0 spiro atoms. The summed E-state index contributed by atoms with van der Waals surface area (Å²) in [7, 11) is 1.76. The third-order valence-electron chi connectivity index (χ3n) is 3.39. The van der Waals surface area contributed by atoms with Gasteiger partial charge in [0.15, 0.2) is 0 Å². The Morgan fingerprint density at radius 1 is 1.17 bits per heavy atom. The summed E-state index contributed by atoms with van der Waals surface area (Å²) in [5.74, 6) is 0.407. The molecule has 24 heavy (non-hydrogen) atoms. The van der Waals surface area contributed by atoms with Gasteiger partial charge in [-0.25, -0.2) is 0 Å². The molecule has 0 saturated carbocycles. The van der Waals surface area contributed by atoms with Gasteiger partial charge in [-0.15, -0.1) is 0 Å². The molecule has 1 aromatic heterocycles. The van der Waals surface area contributed by atoms with Gasteiger partial charge in [-0.2, -0.15) is 5.10 Å². The monoisotopic (exact) mass is 341 g/mol. The second-order valence-electron chi connectivity index (χ2n) is 5.22. The van der Waals surface area contributed by atoms with E-state index in [4.69, 9.17) is 16.3 Å². The van der Waals surface area contributed by atoms with Crippen molar-refractivity contribution in [3.8, 4) is 5.75 Å². The number of aromatic nitrogens is 2. The summed E-state index contributed by atoms with van der Waals surface area (Å²) in [6.45, 7) is 0.282. The standard InChI is InChI=1S/C18H16ClN3O2/c1-22-17(19)11-15(21-22)12-24-16-9-5-6-13(10-16)18(23)20-14-7-3-2-4-8-14/h2-11H,12H2,1H3,(H,20,23). The molecule has 0 aliphatic carbocycles. The third-order valence-corrected chi connectivity index (χ3v) is 3.74. The quantitative estimate of drug-likeness (QED) is 0.765. The highest BCUT2D eigenvalue weighted by Crippen LogP contribution is 2.17. The fourth-order valence-electron chi connectivity index (χ4n) is 2.18. The molecule has 0 atom stereocenters. The highest BCUT2D eigenvalue weighted by molar-refractivity contribution is 6.29. The van der Waals surface area contributed by atoms with Crippen LogP contribution in [0.5, 0.6) is 5.75 Å². The predicted molar refractivity (Wildman–Crippen MR) is 93.4 cm³/mol. The van der Waals surface area contributed by atoms with E-state index in [2.05, 4.69) is 10.4 Å². The van der Waals surface area contributed by atoms with E-state index >= 15 is 0 Å². The van der Waals surface area contributed by atoms with Crippen molar-refractivity contribution in [1.29, 1.82) is 0 Å². The first kappa shape index (κ1) is 16.1. The van der Waals surface area contributed by atoms with Crippen LogP contribution in [0.1, 0.15) is 16.1 Å². The first-order valence-corrected chi connectivity index (χ1v) is 7.77. The topological polar surface area (TPSA) is 56.2 Å². The molecule has 0 saturated heterocycles. The van der Waals surface area contributed by atoms with Crippen LogP contribution >= 0.6 is 11.6 Å². The van der Waals surface area contributed by atoms with Crippen LogP contribution in [0.15, 0.2) is 60.7 Å². The maximum absolute atomic E-state index is 12.3. The largest absolute Gasteiger partial charge is 0.487 e. The fraction of sp³-hybridized carbons (Fsp3) is 0.111. The van der Waals surface area contributed by atoms with Crippen LogP contribution in [0.4, 0.5) is 5.69 Å². The van der Waals surface area contributed by atoms with E-state index in [1.54, 1.807) is 42.1 Å². The van der Waals surface area contributed by atoms with Crippen molar-refractivity contribution in [2.45, 2.75) is 6.61 Å². The Morgan fingerprint density at radius 2 is 1.96 bits per heavy atom. The second-order valence-corrected chi connectivity index (χ2v) is 5.61. The van der Waals surface area contributed by atoms with Crippen LogP contribution in [0.3, 0.4) is 0 Å². The van der Waals surface area contributed by atoms with E-state index in [0.29, 0.717) is 16.5 Å². The molecule has 0 bridgehead atoms. The molecule has 0 fully saturated rings. The van der Waals surface area contributed by atoms with Gasteiger partial charge in [0, 0.05) is 24.4 Å². The van der Waals surface area contributed by atoms with Gasteiger partial charge in [0.1, 0.15) is 23.2 Å². The number of nitrogens with one attached hydrogen (secondary N) is 1. The Kier molecular flexibility index (Phi) is 4.82. The van der Waals surface area contributed by atoms with Crippen molar-refractivity contribution in [3.63, 3.8) is 0 Å². The van der Waals surface area contributed by atoms with Crippen LogP contribution in [0.2, 0.25) is 5.15 Å². The van der Waals surface area contributed by atoms with Crippen molar-refractivity contribution < 1.29 is 9.53 Å². The first-order valence-electron chi connectivity index (χ1n) is 7.39. The fourth-order valence-corrected chi connectivity index (χ4v) is 2.34. The van der Waals surface area contributed by atoms with Gasteiger partial charge in [0.25, 0.3) is 5.91 Å². The smallest absolute Gasteiger partial charge is 0.255 e. The minimum absolute atomic E-state index is 0.187. The average Bonchev–Trinajstić information content (AvgIpc) is 2.92. The molecule has 0 radical (unpaired) electrons. The van der Waals surface area contributed by atoms with Gasteiger partial charge in [-0.3, -0.25) is 9.48 Å². The lowest BCUT2D eigenvalue weighted by molar-refractivity contribution is 0.102. The number of carbonyl (C=O) groups excluding carboxylic acids is 1. The number of hydrogen-bond donors (Lipinski definition) is 1. The lowest BCUT2D eigenvalue weighted by atomic mass is 10.2. The second kappa shape index (κ2) is 7.19. The predicted octanol–water partition coefficient (Wildman–Crippen LogP) is 3.90. The molecule has 1 heterocycles. The number of hydrogen-bond acceptors (Lipinski definition) is 3. The molecule has 122 valence electrons. The molecule has 2 aromatic carbocycles. The Morgan fingerprint density at radius 3 is 2.67 bits per heavy atom. The van der Waals surface area contributed by atoms with Crippen molar-refractivity contribution >= 4 is 23.2 Å². The zero-order valence-electron chi connectivity index (χ0n) is 13.1. The Hall–Kier alpha value is -2.79. The Labute approximate surface area is 144 Å². The number of rotatable bonds is 5. The number of halogens is 1. The summed E-state index contributed by atoms with van der Waals surface area (Å²) in [5, 5.41) is 7.61. The van der Waals surface area contributed by atoms with E-state index in [9.17, 15) is 4.79 Å². The Balaban J connectivity index is 1.66. The number of nitrogens with zero attached hydrogens (tertiary/aromatic N) is 2. The SMILES string of the molecule is Cn1nc(COc2cccc(C(=O)Nc3ccccc3)c2)cc1Cl. The molecule has 1 amide bonds. The maximum atomic E-state index is 12.3. The van der Waals surface area contributed by atoms with E-state index in [-0.39, 0.29) is 12.5 Å². The van der Waals surface area contributed by atoms with Gasteiger partial charge < -0.3 is 10.1 Å². The van der Waals surface area contributed by atoms with E-state index in [1.807, 2.05) is 30.3 Å². The molecule has 0 aliphatic heterocycles. The van der Waals surface area contributed by atoms with Gasteiger partial charge in [-0.05, 0) is 30.3 Å². The minimum atomic E-state index is -0.187. The summed E-state index contributed by atoms with van der Waals surface area (Å²) in [6.07, 6.45) is 0. The average molecular weight is 342 g/mol. The van der Waals surface area contributed by atoms with Crippen LogP contribution in [0.25, 0.3) is 0 Å². The molecular weight excluding hydrogens is 326 g/mol. The van der Waals surface area contributed by atoms with Crippen LogP contribution < -0.4 is 10.1 Å². The van der Waals surface area contributed by atoms with Gasteiger partial charge in [-0.1, -0.05) is 35.9 Å². The van der Waals surface area contributed by atoms with Gasteiger partial charge >= 0.3 is 0 Å². The zero-order chi connectivity index (χ0) is 16.9. The van der Waals surface area contributed by atoms with Gasteiger partial charge in [0.05, 0.1) is 0 Å². The molecule has 0 aliphatic rings. The molecule has 0 unspecified atom stereocenters. The molecule has 3 aromatic rings. The van der Waals surface area contributed by atoms with E-state index in [0.717, 1.165) is 11.4 Å². The van der Waals surface area contributed by atoms with Crippen molar-refractivity contribution in [2.24, 2.45) is 7.05 Å². The Bertz CT molecular complexity index is 827. The van der Waals surface area contributed by atoms with Crippen molar-refractivity contribution in [3.05, 3.63) is 77.1 Å². The summed E-state index contributed by atoms with van der Waals surface area (Å²) >= 11 is 5.95. The molecular formula is C18H16ClN3O2. The minimum Gasteiger partial charge on any atom is -0.487 e. The lowest BCUT2D eigenvalue weighted by Crippen LogP contribution is -2.11. The lowest BCUT2D eigenvalue weighted by Gasteiger charge is -2.08. The molecule has 3 rings (SSSR count). The molecule has 5 nitrogen and oxygen atoms in total. The normalized spacial score (nSPS) is 10.4. The highest BCUT2D eigenvalue weighted by atomic mass is 35.5. The van der Waals surface area contributed by atoms with E-state index < -0.39 is 0 Å². The number of ether oxygens (including phenoxy) is 1. The maximum Gasteiger partial charge on any atom is 0.255 e. The zero-order valence-corrected chi connectivity index (χ0v) is 13.8. The number of anilines is 1. The van der Waals surface area contributed by atoms with Crippen LogP contribution in [-0.2, 0) is 13.7 Å². The number of aryl methyl sites for hydroxylation is 1. The van der Waals surface area contributed by atoms with Crippen LogP contribution in [0, 0.1) is 0 Å². The van der Waals surface area contributed by atoms with Gasteiger partial charge in [0.2, 0.25) is 0 Å². The highest BCUT2D eigenvalue weighted by Gasteiger charge is 2.08. The molecule has 6 heteroatoms. The number of benzene rings is 2. The number of carbonyl (C=O) groups is 1. The van der Waals surface area contributed by atoms with Crippen molar-refractivity contribution in [1.82, 2.24) is 9.78 Å². The summed E-state index contributed by atoms with van der Waals surface area (Å²) in [5.41, 5.74) is 1.99. The summed E-state index contributed by atoms with van der Waals surface area (Å²) in [4.78, 5) is 12.3. The third kappa shape index (κ3) is 3.94. The number of para-hydroxylation sites is 1. The number of amides is 1.